The monoisotopic (exact) mass is 363 g/mol. The predicted octanol–water partition coefficient (Wildman–Crippen LogP) is 4.45. The topological polar surface area (TPSA) is 49.3 Å². The molecule has 128 valence electrons. The fraction of sp³-hybridized carbons (Fsp3) is 0.421. The number of halogens is 1. The molecule has 0 spiro atoms. The van der Waals surface area contributed by atoms with E-state index in [-0.39, 0.29) is 5.91 Å². The Bertz CT molecular complexity index is 663. The molecule has 2 N–H and O–H groups in total. The van der Waals surface area contributed by atoms with Gasteiger partial charge in [-0.15, -0.1) is 0 Å². The zero-order valence-electron chi connectivity index (χ0n) is 13.5. The molecule has 0 aliphatic heterocycles. The minimum atomic E-state index is -0.522. The van der Waals surface area contributed by atoms with Gasteiger partial charge in [0.05, 0.1) is 11.5 Å². The van der Waals surface area contributed by atoms with Crippen LogP contribution < -0.4 is 5.32 Å². The lowest BCUT2D eigenvalue weighted by atomic mass is 9.78. The van der Waals surface area contributed by atoms with Gasteiger partial charge in [0, 0.05) is 11.6 Å². The summed E-state index contributed by atoms with van der Waals surface area (Å²) in [5.74, 6) is 0.0693. The molecule has 1 saturated carbocycles. The Morgan fingerprint density at radius 1 is 1.25 bits per heavy atom. The number of nitrogens with one attached hydrogen (secondary N) is 1. The van der Waals surface area contributed by atoms with E-state index in [0.717, 1.165) is 36.8 Å². The van der Waals surface area contributed by atoms with Gasteiger partial charge in [0.15, 0.2) is 0 Å². The Morgan fingerprint density at radius 2 is 1.96 bits per heavy atom. The molecule has 3 nitrogen and oxygen atoms in total. The molecule has 1 fully saturated rings. The molecule has 3 rings (SSSR count). The molecule has 1 heterocycles. The summed E-state index contributed by atoms with van der Waals surface area (Å²) in [4.78, 5) is 12.9. The van der Waals surface area contributed by atoms with Gasteiger partial charge in [-0.1, -0.05) is 36.6 Å². The molecule has 0 radical (unpaired) electrons. The second kappa shape index (κ2) is 7.68. The van der Waals surface area contributed by atoms with Crippen LogP contribution in [0.15, 0.2) is 41.1 Å². The minimum Gasteiger partial charge on any atom is -0.388 e. The van der Waals surface area contributed by atoms with Gasteiger partial charge in [0.25, 0.3) is 0 Å². The van der Waals surface area contributed by atoms with Crippen molar-refractivity contribution in [2.24, 2.45) is 0 Å². The Hall–Kier alpha value is -1.36. The number of hydrogen-bond donors (Lipinski definition) is 2. The van der Waals surface area contributed by atoms with Crippen LogP contribution in [0.3, 0.4) is 0 Å². The highest BCUT2D eigenvalue weighted by Gasteiger charge is 2.42. The number of carbonyl (C=O) groups is 1. The lowest BCUT2D eigenvalue weighted by Crippen LogP contribution is -2.43. The van der Waals surface area contributed by atoms with Crippen molar-refractivity contribution in [3.8, 4) is 0 Å². The van der Waals surface area contributed by atoms with Crippen LogP contribution in [0.2, 0.25) is 5.02 Å². The predicted molar refractivity (Wildman–Crippen MR) is 98.5 cm³/mol. The summed E-state index contributed by atoms with van der Waals surface area (Å²) in [6.45, 7) is 0.477. The van der Waals surface area contributed by atoms with E-state index in [0.29, 0.717) is 18.0 Å². The Morgan fingerprint density at radius 3 is 2.58 bits per heavy atom. The third-order valence-electron chi connectivity index (χ3n) is 4.92. The molecule has 0 bridgehead atoms. The normalized spacial score (nSPS) is 17.6. The van der Waals surface area contributed by atoms with E-state index in [1.165, 1.54) is 0 Å². The van der Waals surface area contributed by atoms with Crippen LogP contribution in [0, 0.1) is 0 Å². The van der Waals surface area contributed by atoms with Crippen LogP contribution in [0.1, 0.15) is 49.3 Å². The fourth-order valence-corrected chi connectivity index (χ4v) is 4.35. The first-order valence-corrected chi connectivity index (χ1v) is 9.68. The second-order valence-corrected chi connectivity index (χ2v) is 7.63. The maximum absolute atomic E-state index is 12.9. The Balaban J connectivity index is 1.64. The number of benzene rings is 1. The van der Waals surface area contributed by atoms with E-state index in [4.69, 9.17) is 11.6 Å². The highest BCUT2D eigenvalue weighted by Crippen LogP contribution is 2.41. The van der Waals surface area contributed by atoms with Gasteiger partial charge in [-0.3, -0.25) is 4.79 Å². The van der Waals surface area contributed by atoms with Crippen LogP contribution in [-0.4, -0.2) is 17.6 Å². The summed E-state index contributed by atoms with van der Waals surface area (Å²) < 4.78 is 0. The number of hydrogen-bond acceptors (Lipinski definition) is 3. The van der Waals surface area contributed by atoms with Crippen molar-refractivity contribution in [2.45, 2.75) is 43.6 Å². The third kappa shape index (κ3) is 3.66. The van der Waals surface area contributed by atoms with Crippen molar-refractivity contribution < 1.29 is 9.90 Å². The third-order valence-corrected chi connectivity index (χ3v) is 5.87. The molecule has 5 heteroatoms. The van der Waals surface area contributed by atoms with E-state index < -0.39 is 11.5 Å². The average Bonchev–Trinajstić information content (AvgIpc) is 3.28. The van der Waals surface area contributed by atoms with Crippen molar-refractivity contribution >= 4 is 28.8 Å². The summed E-state index contributed by atoms with van der Waals surface area (Å²) in [6, 6.07) is 9.55. The van der Waals surface area contributed by atoms with Gasteiger partial charge >= 0.3 is 0 Å². The van der Waals surface area contributed by atoms with Crippen LogP contribution in [0.25, 0.3) is 0 Å². The molecule has 1 aromatic heterocycles. The van der Waals surface area contributed by atoms with Gasteiger partial charge in [-0.2, -0.15) is 11.3 Å². The maximum atomic E-state index is 12.9. The zero-order chi connectivity index (χ0) is 17.0. The van der Waals surface area contributed by atoms with E-state index in [9.17, 15) is 9.90 Å². The van der Waals surface area contributed by atoms with Gasteiger partial charge in [-0.25, -0.2) is 0 Å². The minimum absolute atomic E-state index is 0.0693. The van der Waals surface area contributed by atoms with Gasteiger partial charge in [0.2, 0.25) is 5.91 Å². The molecule has 1 unspecified atom stereocenters. The number of aliphatic hydroxyl groups is 1. The smallest absolute Gasteiger partial charge is 0.230 e. The zero-order valence-corrected chi connectivity index (χ0v) is 15.1. The molecule has 24 heavy (non-hydrogen) atoms. The summed E-state index contributed by atoms with van der Waals surface area (Å²) in [5.41, 5.74) is 1.51. The first-order valence-electron chi connectivity index (χ1n) is 8.36. The van der Waals surface area contributed by atoms with Crippen LogP contribution in [0.4, 0.5) is 0 Å². The molecule has 0 saturated heterocycles. The highest BCUT2D eigenvalue weighted by molar-refractivity contribution is 7.07. The van der Waals surface area contributed by atoms with Gasteiger partial charge in [-0.05, 0) is 59.3 Å². The van der Waals surface area contributed by atoms with Crippen molar-refractivity contribution in [1.82, 2.24) is 5.32 Å². The Kier molecular flexibility index (Phi) is 5.59. The SMILES string of the molecule is O=C(NCCC(O)c1ccsc1)C1(c2ccc(Cl)cc2)CCCC1. The first-order chi connectivity index (χ1) is 11.6. The second-order valence-electron chi connectivity index (χ2n) is 6.41. The molecular weight excluding hydrogens is 342 g/mol. The van der Waals surface area contributed by atoms with Crippen molar-refractivity contribution in [2.75, 3.05) is 6.54 Å². The fourth-order valence-electron chi connectivity index (χ4n) is 3.52. The van der Waals surface area contributed by atoms with Crippen LogP contribution in [-0.2, 0) is 10.2 Å². The molecule has 1 aliphatic carbocycles. The maximum Gasteiger partial charge on any atom is 0.230 e. The molecule has 2 aromatic rings. The average molecular weight is 364 g/mol. The summed E-state index contributed by atoms with van der Waals surface area (Å²) in [7, 11) is 0. The van der Waals surface area contributed by atoms with Crippen molar-refractivity contribution in [3.63, 3.8) is 0 Å². The summed E-state index contributed by atoms with van der Waals surface area (Å²) >= 11 is 7.55. The Labute approximate surface area is 151 Å². The van der Waals surface area contributed by atoms with Crippen LogP contribution >= 0.6 is 22.9 Å². The lowest BCUT2D eigenvalue weighted by Gasteiger charge is -2.28. The molecular formula is C19H22ClNO2S. The number of aliphatic hydroxyl groups excluding tert-OH is 1. The first kappa shape index (κ1) is 17.5. The van der Waals surface area contributed by atoms with Crippen LogP contribution in [0.5, 0.6) is 0 Å². The van der Waals surface area contributed by atoms with E-state index in [1.807, 2.05) is 41.1 Å². The molecule has 1 amide bonds. The van der Waals surface area contributed by atoms with Crippen molar-refractivity contribution in [3.05, 3.63) is 57.2 Å². The van der Waals surface area contributed by atoms with E-state index in [1.54, 1.807) is 11.3 Å². The highest BCUT2D eigenvalue weighted by atomic mass is 35.5. The molecule has 1 aromatic carbocycles. The summed E-state index contributed by atoms with van der Waals surface area (Å²) in [6.07, 6.45) is 3.87. The van der Waals surface area contributed by atoms with E-state index in [2.05, 4.69) is 5.32 Å². The number of carbonyl (C=O) groups excluding carboxylic acids is 1. The lowest BCUT2D eigenvalue weighted by molar-refractivity contribution is -0.126. The number of amides is 1. The largest absolute Gasteiger partial charge is 0.388 e. The summed E-state index contributed by atoms with van der Waals surface area (Å²) in [5, 5.41) is 17.8. The molecule has 1 atom stereocenters. The molecule has 1 aliphatic rings. The van der Waals surface area contributed by atoms with Gasteiger partial charge in [0.1, 0.15) is 0 Å². The van der Waals surface area contributed by atoms with E-state index >= 15 is 0 Å². The number of rotatable bonds is 6. The quantitative estimate of drug-likeness (QED) is 0.796. The number of thiophene rings is 1. The van der Waals surface area contributed by atoms with Crippen molar-refractivity contribution in [1.29, 1.82) is 0 Å². The van der Waals surface area contributed by atoms with Gasteiger partial charge < -0.3 is 10.4 Å². The standard InChI is InChI=1S/C19H22ClNO2S/c20-16-5-3-15(4-6-16)19(9-1-2-10-19)18(23)21-11-7-17(22)14-8-12-24-13-14/h3-6,8,12-13,17,22H,1-2,7,9-11H2,(H,21,23).